The predicted molar refractivity (Wildman–Crippen MR) is 83.7 cm³/mol. The molecule has 0 saturated carbocycles. The van der Waals surface area contributed by atoms with E-state index < -0.39 is 5.79 Å². The first-order chi connectivity index (χ1) is 9.05. The van der Waals surface area contributed by atoms with E-state index in [-0.39, 0.29) is 21.6 Å². The van der Waals surface area contributed by atoms with Crippen LogP contribution in [0.4, 0.5) is 0 Å². The molecule has 2 heterocycles. The zero-order valence-corrected chi connectivity index (χ0v) is 13.9. The summed E-state index contributed by atoms with van der Waals surface area (Å²) in [6.07, 6.45) is 0.176. The van der Waals surface area contributed by atoms with Crippen molar-refractivity contribution in [2.24, 2.45) is 0 Å². The highest BCUT2D eigenvalue weighted by molar-refractivity contribution is 14.1. The van der Waals surface area contributed by atoms with E-state index in [4.69, 9.17) is 14.2 Å². The molecule has 0 radical (unpaired) electrons. The van der Waals surface area contributed by atoms with Gasteiger partial charge in [-0.2, -0.15) is 0 Å². The Labute approximate surface area is 131 Å². The van der Waals surface area contributed by atoms with Crippen molar-refractivity contribution in [1.29, 1.82) is 0 Å². The first-order valence-corrected chi connectivity index (χ1v) is 8.51. The molecule has 5 heteroatoms. The van der Waals surface area contributed by atoms with Gasteiger partial charge in [-0.25, -0.2) is 0 Å². The Morgan fingerprint density at radius 1 is 1.21 bits per heavy atom. The van der Waals surface area contributed by atoms with Gasteiger partial charge >= 0.3 is 0 Å². The minimum absolute atomic E-state index is 0.0597. The van der Waals surface area contributed by atoms with Crippen LogP contribution in [-0.4, -0.2) is 34.0 Å². The molecule has 1 unspecified atom stereocenters. The highest BCUT2D eigenvalue weighted by Crippen LogP contribution is 2.42. The van der Waals surface area contributed by atoms with Gasteiger partial charge in [-0.1, -0.05) is 52.6 Å². The Morgan fingerprint density at radius 3 is 2.68 bits per heavy atom. The van der Waals surface area contributed by atoms with Crippen LogP contribution in [0.5, 0.6) is 0 Å². The van der Waals surface area contributed by atoms with Crippen molar-refractivity contribution >= 4 is 34.4 Å². The number of benzene rings is 1. The number of ether oxygens (including phenoxy) is 3. The third-order valence-electron chi connectivity index (χ3n) is 3.22. The van der Waals surface area contributed by atoms with Crippen molar-refractivity contribution in [2.45, 2.75) is 46.1 Å². The predicted octanol–water partition coefficient (Wildman–Crippen LogP) is 3.46. The fraction of sp³-hybridized carbons (Fsp3) is 0.571. The SMILES string of the molecule is CC1(C)O[C@@H]2[C@@H](COC(Sc3ccccc3)[C@@H]2I)O1. The lowest BCUT2D eigenvalue weighted by Gasteiger charge is -2.34. The highest BCUT2D eigenvalue weighted by Gasteiger charge is 2.50. The normalized spacial score (nSPS) is 37.0. The summed E-state index contributed by atoms with van der Waals surface area (Å²) in [5.41, 5.74) is 0.113. The van der Waals surface area contributed by atoms with Gasteiger partial charge in [-0.15, -0.1) is 0 Å². The van der Waals surface area contributed by atoms with Crippen LogP contribution >= 0.6 is 34.4 Å². The lowest BCUT2D eigenvalue weighted by Crippen LogP contribution is -2.47. The number of rotatable bonds is 2. The zero-order chi connectivity index (χ0) is 13.5. The van der Waals surface area contributed by atoms with Crippen molar-refractivity contribution in [3.63, 3.8) is 0 Å². The number of halogens is 1. The van der Waals surface area contributed by atoms with Crippen LogP contribution in [0.3, 0.4) is 0 Å². The van der Waals surface area contributed by atoms with E-state index >= 15 is 0 Å². The van der Waals surface area contributed by atoms with Gasteiger partial charge in [0.05, 0.1) is 10.5 Å². The van der Waals surface area contributed by atoms with E-state index in [1.54, 1.807) is 11.8 Å². The third kappa shape index (κ3) is 3.10. The van der Waals surface area contributed by atoms with Crippen molar-refractivity contribution in [3.05, 3.63) is 30.3 Å². The molecular weight excluding hydrogens is 375 g/mol. The lowest BCUT2D eigenvalue weighted by molar-refractivity contribution is -0.146. The van der Waals surface area contributed by atoms with Gasteiger partial charge in [0.15, 0.2) is 5.79 Å². The summed E-state index contributed by atoms with van der Waals surface area (Å²) in [7, 11) is 0. The molecule has 0 bridgehead atoms. The van der Waals surface area contributed by atoms with Crippen LogP contribution in [0, 0.1) is 0 Å². The van der Waals surface area contributed by atoms with Crippen molar-refractivity contribution < 1.29 is 14.2 Å². The average molecular weight is 392 g/mol. The molecule has 0 aromatic heterocycles. The second-order valence-electron chi connectivity index (χ2n) is 5.22. The van der Waals surface area contributed by atoms with E-state index in [2.05, 4.69) is 46.9 Å². The van der Waals surface area contributed by atoms with Crippen molar-refractivity contribution in [2.75, 3.05) is 6.61 Å². The van der Waals surface area contributed by atoms with Crippen LogP contribution in [0.1, 0.15) is 13.8 Å². The number of thioether (sulfide) groups is 1. The average Bonchev–Trinajstić information content (AvgIpc) is 2.70. The number of fused-ring (bicyclic) bond motifs is 1. The van der Waals surface area contributed by atoms with Crippen molar-refractivity contribution in [1.82, 2.24) is 0 Å². The van der Waals surface area contributed by atoms with Gasteiger partial charge in [0, 0.05) is 4.90 Å². The summed E-state index contributed by atoms with van der Waals surface area (Å²) in [6.45, 7) is 4.54. The maximum Gasteiger partial charge on any atom is 0.163 e. The maximum atomic E-state index is 6.01. The summed E-state index contributed by atoms with van der Waals surface area (Å²) in [4.78, 5) is 1.23. The van der Waals surface area contributed by atoms with Gasteiger partial charge in [0.2, 0.25) is 0 Å². The molecule has 104 valence electrons. The monoisotopic (exact) mass is 392 g/mol. The molecule has 0 spiro atoms. The third-order valence-corrected chi connectivity index (χ3v) is 6.27. The minimum Gasteiger partial charge on any atom is -0.363 e. The Hall–Kier alpha value is 0.180. The molecule has 2 aliphatic rings. The van der Waals surface area contributed by atoms with Gasteiger partial charge < -0.3 is 14.2 Å². The van der Waals surface area contributed by atoms with Gasteiger partial charge in [-0.3, -0.25) is 0 Å². The molecule has 0 aliphatic carbocycles. The van der Waals surface area contributed by atoms with Gasteiger partial charge in [0.1, 0.15) is 17.6 Å². The largest absolute Gasteiger partial charge is 0.363 e. The molecule has 4 atom stereocenters. The van der Waals surface area contributed by atoms with E-state index in [9.17, 15) is 0 Å². The number of hydrogen-bond donors (Lipinski definition) is 0. The smallest absolute Gasteiger partial charge is 0.163 e. The Bertz CT molecular complexity index is 440. The molecule has 2 saturated heterocycles. The molecular formula is C14H17IO3S. The van der Waals surface area contributed by atoms with E-state index in [1.807, 2.05) is 19.9 Å². The molecule has 3 rings (SSSR count). The van der Waals surface area contributed by atoms with E-state index in [0.717, 1.165) is 0 Å². The second kappa shape index (κ2) is 5.52. The van der Waals surface area contributed by atoms with E-state index in [0.29, 0.717) is 6.61 Å². The summed E-state index contributed by atoms with van der Waals surface area (Å²) in [5.74, 6) is -0.492. The fourth-order valence-corrected chi connectivity index (χ4v) is 4.70. The summed E-state index contributed by atoms with van der Waals surface area (Å²) < 4.78 is 18.1. The Morgan fingerprint density at radius 2 is 1.95 bits per heavy atom. The van der Waals surface area contributed by atoms with Gasteiger partial charge in [-0.05, 0) is 26.0 Å². The minimum atomic E-state index is -0.492. The van der Waals surface area contributed by atoms with Gasteiger partial charge in [0.25, 0.3) is 0 Å². The molecule has 0 amide bonds. The topological polar surface area (TPSA) is 27.7 Å². The molecule has 1 aromatic rings. The van der Waals surface area contributed by atoms with Crippen LogP contribution < -0.4 is 0 Å². The first kappa shape index (κ1) is 14.1. The van der Waals surface area contributed by atoms with E-state index in [1.165, 1.54) is 4.90 Å². The van der Waals surface area contributed by atoms with Crippen LogP contribution in [0.25, 0.3) is 0 Å². The van der Waals surface area contributed by atoms with Crippen LogP contribution in [0.2, 0.25) is 0 Å². The molecule has 3 nitrogen and oxygen atoms in total. The van der Waals surface area contributed by atoms with Crippen molar-refractivity contribution in [3.8, 4) is 0 Å². The molecule has 19 heavy (non-hydrogen) atoms. The molecule has 2 fully saturated rings. The molecule has 1 aromatic carbocycles. The molecule has 0 N–H and O–H groups in total. The fourth-order valence-electron chi connectivity index (χ4n) is 2.43. The Balaban J connectivity index is 1.69. The quantitative estimate of drug-likeness (QED) is 0.569. The zero-order valence-electron chi connectivity index (χ0n) is 10.9. The second-order valence-corrected chi connectivity index (χ2v) is 7.83. The standard InChI is InChI=1S/C14H17IO3S/c1-14(2)17-10-8-16-13(11(15)12(10)18-14)19-9-6-4-3-5-7-9/h3-7,10-13H,8H2,1-2H3/t10-,11-,12-,13?/m1/s1. The summed E-state index contributed by atoms with van der Waals surface area (Å²) in [5, 5.41) is 0. The van der Waals surface area contributed by atoms with Crippen LogP contribution in [-0.2, 0) is 14.2 Å². The summed E-state index contributed by atoms with van der Waals surface area (Å²) in [6, 6.07) is 10.3. The first-order valence-electron chi connectivity index (χ1n) is 6.38. The highest BCUT2D eigenvalue weighted by atomic mass is 127. The number of alkyl halides is 1. The Kier molecular flexibility index (Phi) is 4.11. The number of hydrogen-bond acceptors (Lipinski definition) is 4. The summed E-state index contributed by atoms with van der Waals surface area (Å²) >= 11 is 4.19. The lowest BCUT2D eigenvalue weighted by atomic mass is 10.1. The van der Waals surface area contributed by atoms with Crippen LogP contribution in [0.15, 0.2) is 35.2 Å². The molecule has 2 aliphatic heterocycles. The maximum absolute atomic E-state index is 6.01.